The molecule has 29 heavy (non-hydrogen) atoms. The molecule has 3 aliphatic rings. The van der Waals surface area contributed by atoms with Crippen LogP contribution in [0.15, 0.2) is 0 Å². The third-order valence-electron chi connectivity index (χ3n) is 8.51. The minimum absolute atomic E-state index is 0.142. The van der Waals surface area contributed by atoms with E-state index in [1.165, 1.54) is 77.0 Å². The maximum absolute atomic E-state index is 12.5. The molecule has 0 saturated heterocycles. The first-order chi connectivity index (χ1) is 14.1. The summed E-state index contributed by atoms with van der Waals surface area (Å²) in [7, 11) is 0. The second kappa shape index (κ2) is 11.5. The summed E-state index contributed by atoms with van der Waals surface area (Å²) in [5, 5.41) is 0. The molecule has 3 fully saturated rings. The van der Waals surface area contributed by atoms with Gasteiger partial charge < -0.3 is 4.74 Å². The molecule has 2 unspecified atom stereocenters. The summed E-state index contributed by atoms with van der Waals surface area (Å²) in [6, 6.07) is 0. The van der Waals surface area contributed by atoms with Crippen molar-refractivity contribution >= 4 is 11.8 Å². The van der Waals surface area contributed by atoms with Crippen molar-refractivity contribution in [3.05, 3.63) is 0 Å². The molecule has 3 aliphatic carbocycles. The van der Waals surface area contributed by atoms with Crippen LogP contribution in [0.1, 0.15) is 110 Å². The van der Waals surface area contributed by atoms with Crippen LogP contribution in [0.4, 0.5) is 0 Å². The monoisotopic (exact) mass is 404 g/mol. The van der Waals surface area contributed by atoms with Crippen LogP contribution in [0.3, 0.4) is 0 Å². The predicted octanol–water partition coefficient (Wildman–Crippen LogP) is 6.73. The molecule has 0 spiro atoms. The second-order valence-electron chi connectivity index (χ2n) is 10.3. The molecular formula is C26H44O3. The molecule has 3 saturated carbocycles. The van der Waals surface area contributed by atoms with Crippen molar-refractivity contribution in [1.29, 1.82) is 0 Å². The minimum atomic E-state index is -0.477. The van der Waals surface area contributed by atoms with E-state index in [0.717, 1.165) is 24.2 Å². The number of hydrogen-bond acceptors (Lipinski definition) is 3. The Morgan fingerprint density at radius 1 is 0.793 bits per heavy atom. The molecular weight excluding hydrogens is 360 g/mol. The van der Waals surface area contributed by atoms with Gasteiger partial charge in [-0.15, -0.1) is 0 Å². The van der Waals surface area contributed by atoms with Gasteiger partial charge >= 0.3 is 5.97 Å². The molecule has 166 valence electrons. The second-order valence-corrected chi connectivity index (χ2v) is 10.3. The summed E-state index contributed by atoms with van der Waals surface area (Å²) in [6.45, 7) is 4.48. The number of esters is 1. The number of Topliss-reactive ketones (excluding diaryl/α,β-unsaturated/α-hetero) is 1. The van der Waals surface area contributed by atoms with Gasteiger partial charge in [-0.25, -0.2) is 0 Å². The van der Waals surface area contributed by atoms with Gasteiger partial charge in [0.1, 0.15) is 11.7 Å². The van der Waals surface area contributed by atoms with Gasteiger partial charge in [0.2, 0.25) is 0 Å². The zero-order valence-electron chi connectivity index (χ0n) is 19.0. The van der Waals surface area contributed by atoms with Gasteiger partial charge in [0.05, 0.1) is 6.61 Å². The highest BCUT2D eigenvalue weighted by atomic mass is 16.5. The van der Waals surface area contributed by atoms with Gasteiger partial charge in [0, 0.05) is 6.42 Å². The van der Waals surface area contributed by atoms with Gasteiger partial charge in [0.15, 0.2) is 0 Å². The van der Waals surface area contributed by atoms with Crippen LogP contribution in [0, 0.1) is 35.5 Å². The molecule has 0 heterocycles. The van der Waals surface area contributed by atoms with E-state index < -0.39 is 5.92 Å². The average molecular weight is 405 g/mol. The lowest BCUT2D eigenvalue weighted by Gasteiger charge is -2.41. The summed E-state index contributed by atoms with van der Waals surface area (Å²) in [5.74, 6) is 3.53. The van der Waals surface area contributed by atoms with Crippen molar-refractivity contribution in [2.75, 3.05) is 6.61 Å². The number of carbonyl (C=O) groups is 2. The number of rotatable bonds is 8. The minimum Gasteiger partial charge on any atom is -0.465 e. The molecule has 3 nitrogen and oxygen atoms in total. The SMILES string of the molecule is CCCCC[C@H]1CC[C@H](C2CCC(C3CCC(C(=O)OCC)C(=O)C3)CC2)CC1. The molecule has 0 N–H and O–H groups in total. The molecule has 0 amide bonds. The summed E-state index contributed by atoms with van der Waals surface area (Å²) in [5.41, 5.74) is 0. The van der Waals surface area contributed by atoms with Crippen LogP contribution in [0.25, 0.3) is 0 Å². The molecule has 0 aromatic carbocycles. The van der Waals surface area contributed by atoms with Gasteiger partial charge in [0.25, 0.3) is 0 Å². The summed E-state index contributed by atoms with van der Waals surface area (Å²) in [6.07, 6.45) is 19.3. The third-order valence-corrected chi connectivity index (χ3v) is 8.51. The van der Waals surface area contributed by atoms with E-state index in [-0.39, 0.29) is 11.8 Å². The van der Waals surface area contributed by atoms with E-state index in [9.17, 15) is 9.59 Å². The molecule has 3 heteroatoms. The Kier molecular flexibility index (Phi) is 9.06. The Balaban J connectivity index is 1.37. The molecule has 0 aliphatic heterocycles. The molecule has 0 aromatic rings. The highest BCUT2D eigenvalue weighted by molar-refractivity contribution is 5.99. The van der Waals surface area contributed by atoms with Crippen molar-refractivity contribution in [2.45, 2.75) is 110 Å². The van der Waals surface area contributed by atoms with E-state index in [1.54, 1.807) is 0 Å². The van der Waals surface area contributed by atoms with Crippen molar-refractivity contribution < 1.29 is 14.3 Å². The zero-order chi connectivity index (χ0) is 20.6. The Morgan fingerprint density at radius 2 is 1.34 bits per heavy atom. The lowest BCUT2D eigenvalue weighted by molar-refractivity contribution is -0.153. The number of unbranched alkanes of at least 4 members (excludes halogenated alkanes) is 2. The number of hydrogen-bond donors (Lipinski definition) is 0. The zero-order valence-corrected chi connectivity index (χ0v) is 19.0. The van der Waals surface area contributed by atoms with Crippen LogP contribution in [0.5, 0.6) is 0 Å². The average Bonchev–Trinajstić information content (AvgIpc) is 2.74. The lowest BCUT2D eigenvalue weighted by Crippen LogP contribution is -2.36. The Hall–Kier alpha value is -0.860. The normalized spacial score (nSPS) is 36.0. The first-order valence-electron chi connectivity index (χ1n) is 12.8. The predicted molar refractivity (Wildman–Crippen MR) is 118 cm³/mol. The van der Waals surface area contributed by atoms with Crippen molar-refractivity contribution in [2.24, 2.45) is 35.5 Å². The summed E-state index contributed by atoms with van der Waals surface area (Å²) >= 11 is 0. The number of ether oxygens (including phenoxy) is 1. The lowest BCUT2D eigenvalue weighted by atomic mass is 9.64. The smallest absolute Gasteiger partial charge is 0.316 e. The first kappa shape index (κ1) is 22.8. The first-order valence-corrected chi connectivity index (χ1v) is 12.8. The van der Waals surface area contributed by atoms with E-state index in [4.69, 9.17) is 4.74 Å². The fourth-order valence-corrected chi connectivity index (χ4v) is 6.66. The van der Waals surface area contributed by atoms with Crippen LogP contribution >= 0.6 is 0 Å². The van der Waals surface area contributed by atoms with Crippen LogP contribution < -0.4 is 0 Å². The highest BCUT2D eigenvalue weighted by Gasteiger charge is 2.39. The van der Waals surface area contributed by atoms with Crippen molar-refractivity contribution in [3.8, 4) is 0 Å². The summed E-state index contributed by atoms with van der Waals surface area (Å²) in [4.78, 5) is 24.5. The Morgan fingerprint density at radius 3 is 1.90 bits per heavy atom. The van der Waals surface area contributed by atoms with E-state index >= 15 is 0 Å². The molecule has 0 aromatic heterocycles. The Bertz CT molecular complexity index is 512. The van der Waals surface area contributed by atoms with Gasteiger partial charge in [-0.1, -0.05) is 45.4 Å². The fraction of sp³-hybridized carbons (Fsp3) is 0.923. The fourth-order valence-electron chi connectivity index (χ4n) is 6.66. The van der Waals surface area contributed by atoms with Crippen LogP contribution in [-0.4, -0.2) is 18.4 Å². The number of ketones is 1. The Labute approximate surface area is 178 Å². The van der Waals surface area contributed by atoms with Crippen LogP contribution in [0.2, 0.25) is 0 Å². The van der Waals surface area contributed by atoms with Crippen molar-refractivity contribution in [1.82, 2.24) is 0 Å². The molecule has 2 atom stereocenters. The third kappa shape index (κ3) is 6.31. The topological polar surface area (TPSA) is 43.4 Å². The maximum Gasteiger partial charge on any atom is 0.316 e. The summed E-state index contributed by atoms with van der Waals surface area (Å²) < 4.78 is 5.09. The largest absolute Gasteiger partial charge is 0.465 e. The molecule has 0 radical (unpaired) electrons. The molecule has 0 bridgehead atoms. The highest BCUT2D eigenvalue weighted by Crippen LogP contribution is 2.46. The van der Waals surface area contributed by atoms with E-state index in [1.807, 2.05) is 6.92 Å². The van der Waals surface area contributed by atoms with Gasteiger partial charge in [-0.3, -0.25) is 9.59 Å². The van der Waals surface area contributed by atoms with Crippen LogP contribution in [-0.2, 0) is 14.3 Å². The van der Waals surface area contributed by atoms with E-state index in [2.05, 4.69) is 6.92 Å². The quantitative estimate of drug-likeness (QED) is 0.256. The van der Waals surface area contributed by atoms with E-state index in [0.29, 0.717) is 31.3 Å². The standard InChI is InChI=1S/C26H44O3/c1-3-5-6-7-19-8-10-20(11-9-19)21-12-14-22(15-13-21)23-16-17-24(25(27)18-23)26(28)29-4-2/h19-24H,3-18H2,1-2H3/t19-,20-,21?,22?,23?,24?. The van der Waals surface area contributed by atoms with Crippen molar-refractivity contribution in [3.63, 3.8) is 0 Å². The molecule has 3 rings (SSSR count). The van der Waals surface area contributed by atoms with Gasteiger partial charge in [-0.2, -0.15) is 0 Å². The maximum atomic E-state index is 12.5. The number of carbonyl (C=O) groups excluding carboxylic acids is 2. The van der Waals surface area contributed by atoms with Gasteiger partial charge in [-0.05, 0) is 87.9 Å².